The van der Waals surface area contributed by atoms with Crippen molar-refractivity contribution in [1.82, 2.24) is 0 Å². The third-order valence-electron chi connectivity index (χ3n) is 6.93. The summed E-state index contributed by atoms with van der Waals surface area (Å²) < 4.78 is 0. The number of Topliss-reactive ketones (excluding diaryl/α,β-unsaturated/α-hetero) is 2. The van der Waals surface area contributed by atoms with E-state index in [1.807, 2.05) is 6.07 Å². The van der Waals surface area contributed by atoms with Gasteiger partial charge in [0, 0.05) is 24.7 Å². The first-order valence-electron chi connectivity index (χ1n) is 9.19. The van der Waals surface area contributed by atoms with Crippen molar-refractivity contribution in [2.45, 2.75) is 57.8 Å². The minimum atomic E-state index is 0.130. The van der Waals surface area contributed by atoms with E-state index in [2.05, 4.69) is 31.2 Å². The lowest BCUT2D eigenvalue weighted by Crippen LogP contribution is -2.51. The average molecular weight is 310 g/mol. The summed E-state index contributed by atoms with van der Waals surface area (Å²) >= 11 is 0. The topological polar surface area (TPSA) is 34.1 Å². The SMILES string of the molecule is C[C@]12CCCC(=O)[C@@H]1C1C[C@@H](c3ccccc3)CC(=O)[C@@H]1CC2. The highest BCUT2D eigenvalue weighted by molar-refractivity contribution is 5.87. The Labute approximate surface area is 138 Å². The molecule has 3 aliphatic carbocycles. The Kier molecular flexibility index (Phi) is 3.66. The van der Waals surface area contributed by atoms with E-state index < -0.39 is 0 Å². The predicted molar refractivity (Wildman–Crippen MR) is 90.1 cm³/mol. The van der Waals surface area contributed by atoms with Gasteiger partial charge in [-0.2, -0.15) is 0 Å². The molecule has 122 valence electrons. The van der Waals surface area contributed by atoms with E-state index in [1.165, 1.54) is 5.56 Å². The molecule has 0 N–H and O–H groups in total. The molecule has 3 saturated carbocycles. The van der Waals surface area contributed by atoms with Gasteiger partial charge in [-0.15, -0.1) is 0 Å². The van der Waals surface area contributed by atoms with Crippen molar-refractivity contribution in [2.75, 3.05) is 0 Å². The molecule has 23 heavy (non-hydrogen) atoms. The van der Waals surface area contributed by atoms with E-state index >= 15 is 0 Å². The number of carbonyl (C=O) groups is 2. The Bertz CT molecular complexity index is 620. The van der Waals surface area contributed by atoms with Crippen LogP contribution in [0.5, 0.6) is 0 Å². The summed E-state index contributed by atoms with van der Waals surface area (Å²) in [6.45, 7) is 2.31. The predicted octanol–water partition coefficient (Wildman–Crippen LogP) is 4.53. The summed E-state index contributed by atoms with van der Waals surface area (Å²) in [5.74, 6) is 1.72. The second-order valence-electron chi connectivity index (χ2n) is 8.27. The van der Waals surface area contributed by atoms with Crippen molar-refractivity contribution in [3.05, 3.63) is 35.9 Å². The molecule has 0 aromatic heterocycles. The van der Waals surface area contributed by atoms with Crippen LogP contribution in [0.2, 0.25) is 0 Å². The van der Waals surface area contributed by atoms with Crippen LogP contribution in [0.3, 0.4) is 0 Å². The molecule has 2 heteroatoms. The van der Waals surface area contributed by atoms with Crippen LogP contribution in [-0.2, 0) is 9.59 Å². The third kappa shape index (κ3) is 2.47. The Morgan fingerprint density at radius 1 is 1.04 bits per heavy atom. The molecule has 2 nitrogen and oxygen atoms in total. The molecule has 1 aromatic rings. The number of hydrogen-bond acceptors (Lipinski definition) is 2. The van der Waals surface area contributed by atoms with Gasteiger partial charge in [-0.05, 0) is 54.9 Å². The Balaban J connectivity index is 1.66. The van der Waals surface area contributed by atoms with Crippen LogP contribution in [0.4, 0.5) is 0 Å². The molecule has 0 heterocycles. The lowest BCUT2D eigenvalue weighted by atomic mass is 9.50. The van der Waals surface area contributed by atoms with Crippen LogP contribution in [0.25, 0.3) is 0 Å². The molecule has 3 fully saturated rings. The van der Waals surface area contributed by atoms with Crippen LogP contribution >= 0.6 is 0 Å². The van der Waals surface area contributed by atoms with Crippen molar-refractivity contribution in [3.8, 4) is 0 Å². The first-order chi connectivity index (χ1) is 11.1. The molecule has 1 unspecified atom stereocenters. The van der Waals surface area contributed by atoms with Gasteiger partial charge in [0.25, 0.3) is 0 Å². The highest BCUT2D eigenvalue weighted by Gasteiger charge is 2.54. The molecule has 1 aromatic carbocycles. The van der Waals surface area contributed by atoms with Crippen LogP contribution in [-0.4, -0.2) is 11.6 Å². The van der Waals surface area contributed by atoms with Gasteiger partial charge in [0.05, 0.1) is 0 Å². The second-order valence-corrected chi connectivity index (χ2v) is 8.27. The number of rotatable bonds is 1. The quantitative estimate of drug-likeness (QED) is 0.763. The lowest BCUT2D eigenvalue weighted by molar-refractivity contribution is -0.146. The summed E-state index contributed by atoms with van der Waals surface area (Å²) in [6, 6.07) is 10.4. The smallest absolute Gasteiger partial charge is 0.136 e. The third-order valence-corrected chi connectivity index (χ3v) is 6.93. The maximum atomic E-state index is 12.8. The molecule has 0 spiro atoms. The minimum Gasteiger partial charge on any atom is -0.299 e. The van der Waals surface area contributed by atoms with Crippen LogP contribution in [0.15, 0.2) is 30.3 Å². The maximum Gasteiger partial charge on any atom is 0.136 e. The Morgan fingerprint density at radius 3 is 2.61 bits per heavy atom. The van der Waals surface area contributed by atoms with Gasteiger partial charge < -0.3 is 0 Å². The minimum absolute atomic E-state index is 0.130. The summed E-state index contributed by atoms with van der Waals surface area (Å²) in [7, 11) is 0. The van der Waals surface area contributed by atoms with Gasteiger partial charge in [0.15, 0.2) is 0 Å². The molecule has 0 radical (unpaired) electrons. The van der Waals surface area contributed by atoms with Gasteiger partial charge in [-0.25, -0.2) is 0 Å². The van der Waals surface area contributed by atoms with Gasteiger partial charge in [-0.1, -0.05) is 37.3 Å². The molecular weight excluding hydrogens is 284 g/mol. The Morgan fingerprint density at radius 2 is 1.83 bits per heavy atom. The monoisotopic (exact) mass is 310 g/mol. The van der Waals surface area contributed by atoms with Gasteiger partial charge in [-0.3, -0.25) is 9.59 Å². The largest absolute Gasteiger partial charge is 0.299 e. The molecule has 0 bridgehead atoms. The summed E-state index contributed by atoms with van der Waals surface area (Å²) in [4.78, 5) is 25.5. The number of hydrogen-bond donors (Lipinski definition) is 0. The van der Waals surface area contributed by atoms with Gasteiger partial charge in [0.1, 0.15) is 11.6 Å². The van der Waals surface area contributed by atoms with Gasteiger partial charge in [0.2, 0.25) is 0 Å². The first kappa shape index (κ1) is 15.1. The van der Waals surface area contributed by atoms with E-state index in [0.717, 1.165) is 38.5 Å². The fraction of sp³-hybridized carbons (Fsp3) is 0.619. The number of benzene rings is 1. The van der Waals surface area contributed by atoms with Crippen molar-refractivity contribution < 1.29 is 9.59 Å². The molecule has 5 atom stereocenters. The van der Waals surface area contributed by atoms with E-state index in [9.17, 15) is 9.59 Å². The molecule has 0 saturated heterocycles. The fourth-order valence-corrected chi connectivity index (χ4v) is 5.82. The molecule has 0 amide bonds. The van der Waals surface area contributed by atoms with Crippen LogP contribution in [0.1, 0.15) is 63.4 Å². The van der Waals surface area contributed by atoms with Gasteiger partial charge >= 0.3 is 0 Å². The zero-order chi connectivity index (χ0) is 16.0. The lowest BCUT2D eigenvalue weighted by Gasteiger charge is -2.53. The van der Waals surface area contributed by atoms with Crippen molar-refractivity contribution in [1.29, 1.82) is 0 Å². The molecular formula is C21H26O2. The molecule has 0 aliphatic heterocycles. The second kappa shape index (κ2) is 5.58. The normalized spacial score (nSPS) is 40.4. The zero-order valence-corrected chi connectivity index (χ0v) is 14.0. The molecule has 4 rings (SSSR count). The van der Waals surface area contributed by atoms with Crippen LogP contribution < -0.4 is 0 Å². The standard InChI is InChI=1S/C21H26O2/c1-21-10-5-8-18(22)20(21)17-12-15(14-6-3-2-4-7-14)13-19(23)16(17)9-11-21/h2-4,6-7,15-17,20H,5,8-13H2,1H3/t15-,16-,17?,20+,21-/m1/s1. The zero-order valence-electron chi connectivity index (χ0n) is 14.0. The van der Waals surface area contributed by atoms with Crippen molar-refractivity contribution in [2.24, 2.45) is 23.2 Å². The van der Waals surface area contributed by atoms with Crippen molar-refractivity contribution >= 4 is 11.6 Å². The van der Waals surface area contributed by atoms with E-state index in [0.29, 0.717) is 23.9 Å². The van der Waals surface area contributed by atoms with E-state index in [4.69, 9.17) is 0 Å². The number of carbonyl (C=O) groups excluding carboxylic acids is 2. The van der Waals surface area contributed by atoms with Crippen LogP contribution in [0, 0.1) is 23.2 Å². The molecule has 3 aliphatic rings. The Hall–Kier alpha value is -1.44. The first-order valence-corrected chi connectivity index (χ1v) is 9.19. The number of ketones is 2. The van der Waals surface area contributed by atoms with E-state index in [1.54, 1.807) is 0 Å². The highest BCUT2D eigenvalue weighted by Crippen LogP contribution is 2.57. The van der Waals surface area contributed by atoms with E-state index in [-0.39, 0.29) is 23.2 Å². The summed E-state index contributed by atoms with van der Waals surface area (Å²) in [5.41, 5.74) is 1.42. The fourth-order valence-electron chi connectivity index (χ4n) is 5.82. The average Bonchev–Trinajstić information content (AvgIpc) is 2.54. The summed E-state index contributed by atoms with van der Waals surface area (Å²) in [6.07, 6.45) is 6.69. The number of fused-ring (bicyclic) bond motifs is 3. The maximum absolute atomic E-state index is 12.8. The van der Waals surface area contributed by atoms with Crippen molar-refractivity contribution in [3.63, 3.8) is 0 Å². The highest BCUT2D eigenvalue weighted by atomic mass is 16.1. The summed E-state index contributed by atoms with van der Waals surface area (Å²) in [5, 5.41) is 0.